The third-order valence-electron chi connectivity index (χ3n) is 11.8. The van der Waals surface area contributed by atoms with E-state index in [1.54, 1.807) is 6.26 Å². The minimum absolute atomic E-state index is 0. The van der Waals surface area contributed by atoms with Crippen molar-refractivity contribution in [2.45, 2.75) is 121 Å². The normalized spacial score (nSPS) is 12.6. The van der Waals surface area contributed by atoms with Crippen LogP contribution in [0, 0.1) is 29.7 Å². The van der Waals surface area contributed by atoms with Crippen molar-refractivity contribution in [3.05, 3.63) is 101 Å². The van der Waals surface area contributed by atoms with Crippen LogP contribution >= 0.6 is 11.3 Å². The Hall–Kier alpha value is -3.57. The van der Waals surface area contributed by atoms with Gasteiger partial charge in [-0.3, -0.25) is 9.78 Å². The standard InChI is InChI=1S/C34H32NOS.C15H28O2.Ir/c1-20(2)15-28-21(3)37-32-18-23(11-12-26(28)32)29-19-31(35-33-27(29)13-14-36-33)24-16-22-9-7-8-10-25(22)30(17-24)34(4,5)6;1-7-14(5,8-2)12(16)11-13(17)15(6,9-3)10-4;/h7-14,17-20H,15H2,1-6H3;11,16H,7-10H2,1-6H3;/q-1;;/b;12-11-;. The van der Waals surface area contributed by atoms with E-state index in [0.717, 1.165) is 59.7 Å². The second-order valence-corrected chi connectivity index (χ2v) is 18.2. The van der Waals surface area contributed by atoms with E-state index in [1.807, 2.05) is 58.9 Å². The van der Waals surface area contributed by atoms with Gasteiger partial charge in [0.25, 0.3) is 0 Å². The van der Waals surface area contributed by atoms with E-state index in [2.05, 4.69) is 102 Å². The molecular formula is C49H60IrNO3S-. The predicted molar refractivity (Wildman–Crippen MR) is 232 cm³/mol. The van der Waals surface area contributed by atoms with Crippen molar-refractivity contribution >= 4 is 49.1 Å². The molecule has 55 heavy (non-hydrogen) atoms. The van der Waals surface area contributed by atoms with Crippen molar-refractivity contribution in [1.29, 1.82) is 0 Å². The van der Waals surface area contributed by atoms with Crippen LogP contribution in [0.25, 0.3) is 54.3 Å². The summed E-state index contributed by atoms with van der Waals surface area (Å²) >= 11 is 1.90. The zero-order chi connectivity index (χ0) is 39.6. The number of furan rings is 1. The van der Waals surface area contributed by atoms with Crippen LogP contribution in [-0.4, -0.2) is 15.9 Å². The van der Waals surface area contributed by atoms with Gasteiger partial charge in [0, 0.05) is 57.7 Å². The van der Waals surface area contributed by atoms with Gasteiger partial charge in [0.2, 0.25) is 5.71 Å². The quantitative estimate of drug-likeness (QED) is 0.0799. The number of rotatable bonds is 11. The minimum Gasteiger partial charge on any atom is -0.512 e. The maximum absolute atomic E-state index is 12.2. The fraction of sp³-hybridized carbons (Fsp3) is 0.429. The second-order valence-electron chi connectivity index (χ2n) is 17.0. The maximum atomic E-state index is 12.2. The van der Waals surface area contributed by atoms with Gasteiger partial charge in [-0.05, 0) is 84.6 Å². The summed E-state index contributed by atoms with van der Waals surface area (Å²) in [6.45, 7) is 25.7. The van der Waals surface area contributed by atoms with Gasteiger partial charge in [-0.25, -0.2) is 0 Å². The number of aromatic nitrogens is 1. The van der Waals surface area contributed by atoms with Crippen molar-refractivity contribution in [1.82, 2.24) is 4.98 Å². The third kappa shape index (κ3) is 9.36. The van der Waals surface area contributed by atoms with Crippen LogP contribution in [0.5, 0.6) is 0 Å². The molecule has 0 aliphatic heterocycles. The summed E-state index contributed by atoms with van der Waals surface area (Å²) in [5, 5.41) is 14.9. The summed E-state index contributed by atoms with van der Waals surface area (Å²) in [5.41, 5.74) is 7.06. The van der Waals surface area contributed by atoms with Crippen molar-refractivity contribution < 1.29 is 34.4 Å². The van der Waals surface area contributed by atoms with E-state index in [9.17, 15) is 9.90 Å². The predicted octanol–water partition coefficient (Wildman–Crippen LogP) is 14.8. The number of carbonyl (C=O) groups excluding carboxylic acids is 1. The maximum Gasteiger partial charge on any atom is 0.219 e. The number of hydrogen-bond donors (Lipinski definition) is 1. The number of hydrogen-bond acceptors (Lipinski definition) is 5. The van der Waals surface area contributed by atoms with E-state index in [1.165, 1.54) is 43.1 Å². The van der Waals surface area contributed by atoms with E-state index in [-0.39, 0.29) is 47.9 Å². The first-order valence-electron chi connectivity index (χ1n) is 19.8. The number of nitrogens with zero attached hydrogens (tertiary/aromatic N) is 1. The number of allylic oxidation sites excluding steroid dienone is 2. The zero-order valence-electron chi connectivity index (χ0n) is 35.0. The molecule has 0 aliphatic carbocycles. The SMILES string of the molecule is CCC(C)(CC)C(=O)/C=C(\O)C(C)(CC)CC.Cc1sc2cc(-c3cc(-c4[c-]c5ccccc5c(C(C)(C)C)c4)nc4occc34)ccc2c1CC(C)C.[Ir]. The van der Waals surface area contributed by atoms with Crippen LogP contribution in [0.2, 0.25) is 0 Å². The molecule has 6 heteroatoms. The van der Waals surface area contributed by atoms with E-state index in [0.29, 0.717) is 11.6 Å². The van der Waals surface area contributed by atoms with Crippen LogP contribution in [0.3, 0.4) is 0 Å². The first-order valence-corrected chi connectivity index (χ1v) is 20.6. The molecule has 3 heterocycles. The molecule has 0 atom stereocenters. The molecule has 0 aliphatic rings. The summed E-state index contributed by atoms with van der Waals surface area (Å²) < 4.78 is 7.20. The molecule has 0 spiro atoms. The molecule has 3 aromatic carbocycles. The first-order chi connectivity index (χ1) is 25.5. The summed E-state index contributed by atoms with van der Waals surface area (Å²) in [4.78, 5) is 18.5. The Bertz CT molecular complexity index is 2290. The molecule has 6 rings (SSSR count). The van der Waals surface area contributed by atoms with Gasteiger partial charge in [0.15, 0.2) is 5.78 Å². The molecular weight excluding hydrogens is 875 g/mol. The minimum atomic E-state index is -0.337. The molecule has 0 saturated carbocycles. The van der Waals surface area contributed by atoms with Crippen LogP contribution in [0.15, 0.2) is 83.2 Å². The first kappa shape index (κ1) is 44.1. The number of benzene rings is 3. The monoisotopic (exact) mass is 935 g/mol. The molecule has 295 valence electrons. The topological polar surface area (TPSA) is 63.3 Å². The molecule has 0 fully saturated rings. The molecule has 1 radical (unpaired) electrons. The number of carbonyl (C=O) groups is 1. The summed E-state index contributed by atoms with van der Waals surface area (Å²) in [6, 6.07) is 25.6. The Morgan fingerprint density at radius 2 is 1.53 bits per heavy atom. The summed E-state index contributed by atoms with van der Waals surface area (Å²) in [7, 11) is 0. The molecule has 0 unspecified atom stereocenters. The Labute approximate surface area is 347 Å². The van der Waals surface area contributed by atoms with E-state index < -0.39 is 0 Å². The average molecular weight is 935 g/mol. The number of pyridine rings is 1. The average Bonchev–Trinajstić information content (AvgIpc) is 3.76. The molecule has 0 saturated heterocycles. The van der Waals surface area contributed by atoms with Gasteiger partial charge < -0.3 is 9.52 Å². The Kier molecular flexibility index (Phi) is 14.2. The number of thiophene rings is 1. The van der Waals surface area contributed by atoms with Gasteiger partial charge in [0.05, 0.1) is 6.26 Å². The number of aryl methyl sites for hydroxylation is 1. The Morgan fingerprint density at radius 3 is 2.15 bits per heavy atom. The molecule has 0 amide bonds. The summed E-state index contributed by atoms with van der Waals surface area (Å²) in [5.74, 6) is 0.925. The van der Waals surface area contributed by atoms with Gasteiger partial charge in [-0.1, -0.05) is 124 Å². The number of fused-ring (bicyclic) bond motifs is 3. The van der Waals surface area contributed by atoms with Crippen molar-refractivity contribution in [3.63, 3.8) is 0 Å². The van der Waals surface area contributed by atoms with Crippen LogP contribution in [-0.2, 0) is 36.7 Å². The van der Waals surface area contributed by atoms with Crippen molar-refractivity contribution in [3.8, 4) is 22.4 Å². The fourth-order valence-corrected chi connectivity index (χ4v) is 8.23. The zero-order valence-corrected chi connectivity index (χ0v) is 38.2. The molecule has 6 aromatic rings. The number of aliphatic hydroxyl groups is 1. The van der Waals surface area contributed by atoms with Crippen molar-refractivity contribution in [2.24, 2.45) is 16.7 Å². The molecule has 0 bridgehead atoms. The Morgan fingerprint density at radius 1 is 0.873 bits per heavy atom. The smallest absolute Gasteiger partial charge is 0.219 e. The third-order valence-corrected chi connectivity index (χ3v) is 12.9. The van der Waals surface area contributed by atoms with Gasteiger partial charge >= 0.3 is 0 Å². The largest absolute Gasteiger partial charge is 0.512 e. The number of aliphatic hydroxyl groups excluding tert-OH is 1. The van der Waals surface area contributed by atoms with Gasteiger partial charge in [-0.15, -0.1) is 40.5 Å². The number of ketones is 1. The molecule has 3 aromatic heterocycles. The van der Waals surface area contributed by atoms with Crippen LogP contribution in [0.4, 0.5) is 0 Å². The second kappa shape index (κ2) is 17.7. The Balaban J connectivity index is 0.000000320. The van der Waals surface area contributed by atoms with Crippen LogP contribution in [0.1, 0.15) is 118 Å². The van der Waals surface area contributed by atoms with E-state index in [4.69, 9.17) is 9.40 Å². The van der Waals surface area contributed by atoms with Crippen LogP contribution < -0.4 is 0 Å². The fourth-order valence-electron chi connectivity index (χ4n) is 7.10. The molecule has 1 N–H and O–H groups in total. The summed E-state index contributed by atoms with van der Waals surface area (Å²) in [6.07, 6.45) is 7.61. The van der Waals surface area contributed by atoms with Gasteiger partial charge in [0.1, 0.15) is 5.76 Å². The van der Waals surface area contributed by atoms with Crippen molar-refractivity contribution in [2.75, 3.05) is 0 Å². The van der Waals surface area contributed by atoms with E-state index >= 15 is 0 Å². The van der Waals surface area contributed by atoms with Gasteiger partial charge in [-0.2, -0.15) is 0 Å². The molecule has 4 nitrogen and oxygen atoms in total.